The molecule has 2 heterocycles. The smallest absolute Gasteiger partial charge is 0.286 e. The van der Waals surface area contributed by atoms with Gasteiger partial charge in [0, 0.05) is 13.1 Å². The summed E-state index contributed by atoms with van der Waals surface area (Å²) in [6, 6.07) is 0. The van der Waals surface area contributed by atoms with Crippen LogP contribution in [0.2, 0.25) is 0 Å². The first-order valence-corrected chi connectivity index (χ1v) is 6.35. The number of hydrogen-bond donors (Lipinski definition) is 1. The highest BCUT2D eigenvalue weighted by molar-refractivity contribution is 8.15. The van der Waals surface area contributed by atoms with Gasteiger partial charge in [-0.05, 0) is 0 Å². The summed E-state index contributed by atoms with van der Waals surface area (Å²) in [5.41, 5.74) is 0. The van der Waals surface area contributed by atoms with Gasteiger partial charge in [-0.15, -0.1) is 0 Å². The van der Waals surface area contributed by atoms with Crippen molar-refractivity contribution in [2.24, 2.45) is 5.92 Å². The predicted molar refractivity (Wildman–Crippen MR) is 61.5 cm³/mol. The molecule has 6 nitrogen and oxygen atoms in total. The Morgan fingerprint density at radius 2 is 2.12 bits per heavy atom. The maximum atomic E-state index is 12.1. The van der Waals surface area contributed by atoms with Crippen LogP contribution in [-0.4, -0.2) is 53.5 Å². The van der Waals surface area contributed by atoms with Gasteiger partial charge in [0.1, 0.15) is 5.25 Å². The van der Waals surface area contributed by atoms with Crippen LogP contribution in [0.1, 0.15) is 6.92 Å². The SMILES string of the molecule is C[C@H](C(=O)N1CCOCC1)[C@@H]1SC(=O)NC1=O. The number of carbonyl (C=O) groups is 3. The average Bonchev–Trinajstić information content (AvgIpc) is 2.68. The molecule has 2 saturated heterocycles. The van der Waals surface area contributed by atoms with Crippen molar-refractivity contribution in [1.82, 2.24) is 10.2 Å². The minimum Gasteiger partial charge on any atom is -0.378 e. The molecule has 0 aromatic carbocycles. The molecule has 0 aliphatic carbocycles. The minimum atomic E-state index is -0.599. The fourth-order valence-corrected chi connectivity index (χ4v) is 2.78. The van der Waals surface area contributed by atoms with E-state index in [2.05, 4.69) is 5.32 Å². The number of nitrogens with one attached hydrogen (secondary N) is 1. The number of nitrogens with zero attached hydrogens (tertiary/aromatic N) is 1. The Bertz CT molecular complexity index is 354. The monoisotopic (exact) mass is 258 g/mol. The Morgan fingerprint density at radius 3 is 2.65 bits per heavy atom. The lowest BCUT2D eigenvalue weighted by molar-refractivity contribution is -0.140. The van der Waals surface area contributed by atoms with Crippen molar-refractivity contribution in [2.75, 3.05) is 26.3 Å². The molecule has 2 atom stereocenters. The van der Waals surface area contributed by atoms with Crippen LogP contribution in [0, 0.1) is 5.92 Å². The molecule has 0 spiro atoms. The molecular weight excluding hydrogens is 244 g/mol. The highest BCUT2D eigenvalue weighted by atomic mass is 32.2. The standard InChI is InChI=1S/C10H14N2O4S/c1-6(7-8(13)11-10(15)17-7)9(14)12-2-4-16-5-3-12/h6-7H,2-5H2,1H3,(H,11,13,15)/t6-,7-/m0/s1. The molecule has 0 radical (unpaired) electrons. The molecule has 7 heteroatoms. The van der Waals surface area contributed by atoms with E-state index in [1.54, 1.807) is 11.8 Å². The number of thioether (sulfide) groups is 1. The van der Waals surface area contributed by atoms with Gasteiger partial charge in [-0.25, -0.2) is 0 Å². The third-order valence-corrected chi connectivity index (χ3v) is 4.08. The second-order valence-corrected chi connectivity index (χ2v) is 5.16. The zero-order valence-corrected chi connectivity index (χ0v) is 10.3. The van der Waals surface area contributed by atoms with Crippen LogP contribution >= 0.6 is 11.8 Å². The molecule has 0 saturated carbocycles. The second kappa shape index (κ2) is 5.05. The van der Waals surface area contributed by atoms with Gasteiger partial charge in [0.25, 0.3) is 5.24 Å². The zero-order valence-electron chi connectivity index (χ0n) is 9.47. The Morgan fingerprint density at radius 1 is 1.47 bits per heavy atom. The fraction of sp³-hybridized carbons (Fsp3) is 0.700. The molecule has 94 valence electrons. The number of amides is 3. The van der Waals surface area contributed by atoms with Crippen LogP contribution in [0.5, 0.6) is 0 Å². The van der Waals surface area contributed by atoms with Crippen molar-refractivity contribution in [2.45, 2.75) is 12.2 Å². The first-order valence-electron chi connectivity index (χ1n) is 5.47. The van der Waals surface area contributed by atoms with Crippen molar-refractivity contribution >= 4 is 28.8 Å². The summed E-state index contributed by atoms with van der Waals surface area (Å²) in [4.78, 5) is 36.3. The first-order chi connectivity index (χ1) is 8.09. The largest absolute Gasteiger partial charge is 0.378 e. The molecule has 2 aliphatic rings. The lowest BCUT2D eigenvalue weighted by Gasteiger charge is -2.30. The van der Waals surface area contributed by atoms with Crippen LogP contribution in [0.25, 0.3) is 0 Å². The maximum Gasteiger partial charge on any atom is 0.286 e. The van der Waals surface area contributed by atoms with E-state index in [0.29, 0.717) is 26.3 Å². The molecule has 0 aromatic rings. The van der Waals surface area contributed by atoms with Crippen molar-refractivity contribution in [3.63, 3.8) is 0 Å². The van der Waals surface area contributed by atoms with E-state index < -0.39 is 11.2 Å². The summed E-state index contributed by atoms with van der Waals surface area (Å²) in [6.45, 7) is 3.85. The Balaban J connectivity index is 1.98. The van der Waals surface area contributed by atoms with Crippen LogP contribution in [0.3, 0.4) is 0 Å². The fourth-order valence-electron chi connectivity index (χ4n) is 1.90. The van der Waals surface area contributed by atoms with Gasteiger partial charge in [-0.3, -0.25) is 19.7 Å². The summed E-state index contributed by atoms with van der Waals surface area (Å²) in [7, 11) is 0. The molecule has 3 amide bonds. The van der Waals surface area contributed by atoms with Crippen molar-refractivity contribution in [3.05, 3.63) is 0 Å². The van der Waals surface area contributed by atoms with Gasteiger partial charge in [0.15, 0.2) is 0 Å². The van der Waals surface area contributed by atoms with Crippen LogP contribution in [0.4, 0.5) is 4.79 Å². The van der Waals surface area contributed by atoms with E-state index in [1.807, 2.05) is 0 Å². The van der Waals surface area contributed by atoms with E-state index in [4.69, 9.17) is 4.74 Å². The van der Waals surface area contributed by atoms with Gasteiger partial charge < -0.3 is 9.64 Å². The second-order valence-electron chi connectivity index (χ2n) is 4.04. The van der Waals surface area contributed by atoms with Gasteiger partial charge >= 0.3 is 0 Å². The number of rotatable bonds is 2. The van der Waals surface area contributed by atoms with Crippen molar-refractivity contribution in [3.8, 4) is 0 Å². The molecule has 0 unspecified atom stereocenters. The molecule has 2 aliphatic heterocycles. The molecule has 2 rings (SSSR count). The number of imide groups is 1. The molecule has 2 fully saturated rings. The van der Waals surface area contributed by atoms with Gasteiger partial charge in [-0.1, -0.05) is 18.7 Å². The third kappa shape index (κ3) is 2.61. The van der Waals surface area contributed by atoms with Crippen LogP contribution in [0.15, 0.2) is 0 Å². The Kier molecular flexibility index (Phi) is 3.68. The molecular formula is C10H14N2O4S. The normalized spacial score (nSPS) is 26.9. The van der Waals surface area contributed by atoms with E-state index in [-0.39, 0.29) is 17.1 Å². The highest BCUT2D eigenvalue weighted by Gasteiger charge is 2.40. The van der Waals surface area contributed by atoms with E-state index >= 15 is 0 Å². The number of morpholine rings is 1. The van der Waals surface area contributed by atoms with E-state index in [0.717, 1.165) is 11.8 Å². The topological polar surface area (TPSA) is 75.7 Å². The summed E-state index contributed by atoms with van der Waals surface area (Å²) < 4.78 is 5.16. The zero-order chi connectivity index (χ0) is 12.4. The molecule has 1 N–H and O–H groups in total. The highest BCUT2D eigenvalue weighted by Crippen LogP contribution is 2.27. The summed E-state index contributed by atoms with van der Waals surface area (Å²) in [5.74, 6) is -0.936. The molecule has 0 bridgehead atoms. The summed E-state index contributed by atoms with van der Waals surface area (Å²) >= 11 is 0.896. The first kappa shape index (κ1) is 12.4. The number of ether oxygens (including phenoxy) is 1. The average molecular weight is 258 g/mol. The lowest BCUT2D eigenvalue weighted by Crippen LogP contribution is -2.46. The van der Waals surface area contributed by atoms with Gasteiger partial charge in [0.05, 0.1) is 19.1 Å². The third-order valence-electron chi connectivity index (χ3n) is 2.88. The van der Waals surface area contributed by atoms with Crippen LogP contribution in [-0.2, 0) is 14.3 Å². The molecule has 17 heavy (non-hydrogen) atoms. The quantitative estimate of drug-likeness (QED) is 0.744. The maximum absolute atomic E-state index is 12.1. The molecule has 0 aromatic heterocycles. The predicted octanol–water partition coefficient (Wildman–Crippen LogP) is -0.167. The van der Waals surface area contributed by atoms with Gasteiger partial charge in [0.2, 0.25) is 11.8 Å². The lowest BCUT2D eigenvalue weighted by atomic mass is 10.1. The van der Waals surface area contributed by atoms with E-state index in [9.17, 15) is 14.4 Å². The number of carbonyl (C=O) groups excluding carboxylic acids is 3. The Labute approximate surface area is 103 Å². The van der Waals surface area contributed by atoms with Gasteiger partial charge in [-0.2, -0.15) is 0 Å². The van der Waals surface area contributed by atoms with Crippen molar-refractivity contribution < 1.29 is 19.1 Å². The minimum absolute atomic E-state index is 0.0874. The summed E-state index contributed by atoms with van der Waals surface area (Å²) in [5, 5.41) is 1.22. The summed E-state index contributed by atoms with van der Waals surface area (Å²) in [6.07, 6.45) is 0. The number of hydrogen-bond acceptors (Lipinski definition) is 5. The van der Waals surface area contributed by atoms with Crippen molar-refractivity contribution in [1.29, 1.82) is 0 Å². The van der Waals surface area contributed by atoms with Crippen LogP contribution < -0.4 is 5.32 Å². The Hall–Kier alpha value is -1.08. The van der Waals surface area contributed by atoms with E-state index in [1.165, 1.54) is 0 Å².